The first kappa shape index (κ1) is 16.0. The Morgan fingerprint density at radius 1 is 1.35 bits per heavy atom. The zero-order chi connectivity index (χ0) is 16.4. The Balaban J connectivity index is 1.56. The third-order valence-corrected chi connectivity index (χ3v) is 4.57. The van der Waals surface area contributed by atoms with E-state index in [-0.39, 0.29) is 11.9 Å². The first-order chi connectivity index (χ1) is 11.0. The Bertz CT molecular complexity index is 689. The molecule has 1 aliphatic heterocycles. The van der Waals surface area contributed by atoms with Crippen molar-refractivity contribution in [2.75, 3.05) is 18.0 Å². The molecule has 6 nitrogen and oxygen atoms in total. The summed E-state index contributed by atoms with van der Waals surface area (Å²) in [5, 5.41) is 7.34. The Kier molecular flexibility index (Phi) is 4.66. The van der Waals surface area contributed by atoms with Gasteiger partial charge in [-0.3, -0.25) is 9.48 Å². The maximum Gasteiger partial charge on any atom is 0.269 e. The summed E-state index contributed by atoms with van der Waals surface area (Å²) in [5.74, 6) is 0.938. The minimum Gasteiger partial charge on any atom is -0.356 e. The minimum absolute atomic E-state index is 0.0479. The monoisotopic (exact) mass is 377 g/mol. The normalized spacial score (nSPS) is 15.7. The highest BCUT2D eigenvalue weighted by Gasteiger charge is 2.23. The number of rotatable bonds is 3. The summed E-state index contributed by atoms with van der Waals surface area (Å²) < 4.78 is 2.61. The summed E-state index contributed by atoms with van der Waals surface area (Å²) in [6.45, 7) is 3.68. The van der Waals surface area contributed by atoms with E-state index in [0.717, 1.165) is 41.9 Å². The van der Waals surface area contributed by atoms with Crippen molar-refractivity contribution >= 4 is 27.7 Å². The number of anilines is 1. The first-order valence-electron chi connectivity index (χ1n) is 7.71. The van der Waals surface area contributed by atoms with Crippen molar-refractivity contribution in [3.8, 4) is 0 Å². The van der Waals surface area contributed by atoms with E-state index in [0.29, 0.717) is 5.69 Å². The molecule has 0 bridgehead atoms. The summed E-state index contributed by atoms with van der Waals surface area (Å²) in [5.41, 5.74) is 1.47. The fourth-order valence-electron chi connectivity index (χ4n) is 2.89. The number of pyridine rings is 1. The molecule has 0 aliphatic carbocycles. The Morgan fingerprint density at radius 2 is 2.09 bits per heavy atom. The molecule has 0 radical (unpaired) electrons. The predicted octanol–water partition coefficient (Wildman–Crippen LogP) is 2.28. The number of aromatic nitrogens is 3. The van der Waals surface area contributed by atoms with Crippen LogP contribution in [0.15, 0.2) is 28.9 Å². The lowest BCUT2D eigenvalue weighted by molar-refractivity contribution is 0.0921. The molecule has 1 saturated heterocycles. The van der Waals surface area contributed by atoms with E-state index in [1.165, 1.54) is 0 Å². The molecule has 0 atom stereocenters. The molecule has 1 amide bonds. The van der Waals surface area contributed by atoms with Gasteiger partial charge in [0, 0.05) is 36.8 Å². The average Bonchev–Trinajstić information content (AvgIpc) is 2.88. The van der Waals surface area contributed by atoms with Crippen LogP contribution < -0.4 is 10.2 Å². The van der Waals surface area contributed by atoms with Gasteiger partial charge in [-0.15, -0.1) is 0 Å². The second kappa shape index (κ2) is 6.70. The summed E-state index contributed by atoms with van der Waals surface area (Å²) in [6.07, 6.45) is 3.65. The van der Waals surface area contributed by atoms with Crippen LogP contribution in [0.4, 0.5) is 5.82 Å². The zero-order valence-corrected chi connectivity index (χ0v) is 14.9. The lowest BCUT2D eigenvalue weighted by Gasteiger charge is -2.33. The van der Waals surface area contributed by atoms with Crippen LogP contribution in [0.25, 0.3) is 0 Å². The van der Waals surface area contributed by atoms with Gasteiger partial charge in [-0.05, 0) is 53.9 Å². The molecular formula is C16H20BrN5O. The number of aryl methyl sites for hydroxylation is 2. The number of carbonyl (C=O) groups is 1. The molecule has 1 fully saturated rings. The lowest BCUT2D eigenvalue weighted by Crippen LogP contribution is -2.45. The van der Waals surface area contributed by atoms with E-state index in [9.17, 15) is 4.79 Å². The molecule has 7 heteroatoms. The van der Waals surface area contributed by atoms with E-state index < -0.39 is 0 Å². The molecule has 0 saturated carbocycles. The van der Waals surface area contributed by atoms with E-state index in [2.05, 4.69) is 36.2 Å². The zero-order valence-electron chi connectivity index (χ0n) is 13.3. The summed E-state index contributed by atoms with van der Waals surface area (Å²) in [4.78, 5) is 19.0. The molecule has 0 unspecified atom stereocenters. The van der Waals surface area contributed by atoms with Crippen LogP contribution in [-0.2, 0) is 7.05 Å². The summed E-state index contributed by atoms with van der Waals surface area (Å²) >= 11 is 3.40. The molecule has 1 N–H and O–H groups in total. The number of halogens is 1. The number of amides is 1. The average molecular weight is 378 g/mol. The van der Waals surface area contributed by atoms with E-state index in [4.69, 9.17) is 0 Å². The second-order valence-electron chi connectivity index (χ2n) is 5.86. The maximum absolute atomic E-state index is 12.3. The number of hydrogen-bond acceptors (Lipinski definition) is 4. The van der Waals surface area contributed by atoms with Crippen molar-refractivity contribution in [2.45, 2.75) is 25.8 Å². The van der Waals surface area contributed by atoms with Crippen LogP contribution in [0.5, 0.6) is 0 Å². The number of piperidine rings is 1. The fourth-order valence-corrected chi connectivity index (χ4v) is 3.12. The van der Waals surface area contributed by atoms with Crippen LogP contribution in [-0.4, -0.2) is 39.8 Å². The van der Waals surface area contributed by atoms with E-state index in [1.807, 2.05) is 31.3 Å². The van der Waals surface area contributed by atoms with Gasteiger partial charge in [-0.25, -0.2) is 4.98 Å². The SMILES string of the molecule is Cc1cc(C(=O)NC2CCN(c3ccc(Br)cn3)CC2)n(C)n1. The molecule has 2 aromatic heterocycles. The van der Waals surface area contributed by atoms with Crippen LogP contribution in [0.1, 0.15) is 29.0 Å². The van der Waals surface area contributed by atoms with E-state index >= 15 is 0 Å². The molecule has 2 aromatic rings. The van der Waals surface area contributed by atoms with Crippen LogP contribution in [0.2, 0.25) is 0 Å². The van der Waals surface area contributed by atoms with Crippen molar-refractivity contribution in [3.63, 3.8) is 0 Å². The van der Waals surface area contributed by atoms with Crippen molar-refractivity contribution in [1.82, 2.24) is 20.1 Å². The van der Waals surface area contributed by atoms with Gasteiger partial charge >= 0.3 is 0 Å². The van der Waals surface area contributed by atoms with Crippen molar-refractivity contribution < 1.29 is 4.79 Å². The number of nitrogens with zero attached hydrogens (tertiary/aromatic N) is 4. The van der Waals surface area contributed by atoms with Gasteiger partial charge in [0.15, 0.2) is 0 Å². The Morgan fingerprint density at radius 3 is 2.65 bits per heavy atom. The van der Waals surface area contributed by atoms with E-state index in [1.54, 1.807) is 11.7 Å². The van der Waals surface area contributed by atoms with Gasteiger partial charge in [0.1, 0.15) is 11.5 Å². The van der Waals surface area contributed by atoms with Crippen LogP contribution in [0, 0.1) is 6.92 Å². The quantitative estimate of drug-likeness (QED) is 0.890. The topological polar surface area (TPSA) is 63.1 Å². The van der Waals surface area contributed by atoms with Gasteiger partial charge in [0.05, 0.1) is 5.69 Å². The molecule has 0 aromatic carbocycles. The Labute approximate surface area is 144 Å². The van der Waals surface area contributed by atoms with Crippen LogP contribution in [0.3, 0.4) is 0 Å². The Hall–Kier alpha value is -1.89. The van der Waals surface area contributed by atoms with Crippen molar-refractivity contribution in [2.24, 2.45) is 7.05 Å². The van der Waals surface area contributed by atoms with Crippen molar-refractivity contribution in [3.05, 3.63) is 40.3 Å². The first-order valence-corrected chi connectivity index (χ1v) is 8.50. The number of hydrogen-bond donors (Lipinski definition) is 1. The van der Waals surface area contributed by atoms with Gasteiger partial charge in [-0.1, -0.05) is 0 Å². The minimum atomic E-state index is -0.0479. The fraction of sp³-hybridized carbons (Fsp3) is 0.438. The van der Waals surface area contributed by atoms with Gasteiger partial charge in [0.25, 0.3) is 5.91 Å². The predicted molar refractivity (Wildman–Crippen MR) is 92.6 cm³/mol. The standard InChI is InChI=1S/C16H20BrN5O/c1-11-9-14(21(2)20-11)16(23)19-13-5-7-22(8-6-13)15-4-3-12(17)10-18-15/h3-4,9-10,13H,5-8H2,1-2H3,(H,19,23). The highest BCUT2D eigenvalue weighted by Crippen LogP contribution is 2.19. The molecule has 122 valence electrons. The molecule has 23 heavy (non-hydrogen) atoms. The lowest BCUT2D eigenvalue weighted by atomic mass is 10.0. The highest BCUT2D eigenvalue weighted by atomic mass is 79.9. The molecule has 1 aliphatic rings. The summed E-state index contributed by atoms with van der Waals surface area (Å²) in [7, 11) is 1.80. The highest BCUT2D eigenvalue weighted by molar-refractivity contribution is 9.10. The van der Waals surface area contributed by atoms with Gasteiger partial charge in [-0.2, -0.15) is 5.10 Å². The second-order valence-corrected chi connectivity index (χ2v) is 6.78. The van der Waals surface area contributed by atoms with Crippen molar-refractivity contribution in [1.29, 1.82) is 0 Å². The van der Waals surface area contributed by atoms with Gasteiger partial charge < -0.3 is 10.2 Å². The summed E-state index contributed by atoms with van der Waals surface area (Å²) in [6, 6.07) is 6.03. The number of nitrogens with one attached hydrogen (secondary N) is 1. The molecule has 3 heterocycles. The number of carbonyl (C=O) groups excluding carboxylic acids is 1. The smallest absolute Gasteiger partial charge is 0.269 e. The molecule has 0 spiro atoms. The maximum atomic E-state index is 12.3. The molecule has 3 rings (SSSR count). The van der Waals surface area contributed by atoms with Gasteiger partial charge in [0.2, 0.25) is 0 Å². The third kappa shape index (κ3) is 3.72. The van der Waals surface area contributed by atoms with Crippen LogP contribution >= 0.6 is 15.9 Å². The largest absolute Gasteiger partial charge is 0.356 e. The third-order valence-electron chi connectivity index (χ3n) is 4.10. The molecular weight excluding hydrogens is 358 g/mol.